The lowest BCUT2D eigenvalue weighted by Gasteiger charge is -2.34. The second-order valence-electron chi connectivity index (χ2n) is 8.80. The van der Waals surface area contributed by atoms with Gasteiger partial charge in [-0.1, -0.05) is 11.6 Å². The minimum absolute atomic E-state index is 0.0929. The maximum absolute atomic E-state index is 13.3. The molecule has 2 fully saturated rings. The van der Waals surface area contributed by atoms with Crippen LogP contribution in [-0.4, -0.2) is 43.0 Å². The maximum Gasteiger partial charge on any atom is 0.257 e. The quantitative estimate of drug-likeness (QED) is 0.623. The smallest absolute Gasteiger partial charge is 0.257 e. The monoisotopic (exact) mass is 438 g/mol. The Morgan fingerprint density at radius 1 is 1.26 bits per heavy atom. The van der Waals surface area contributed by atoms with Gasteiger partial charge in [-0.2, -0.15) is 5.10 Å². The summed E-state index contributed by atoms with van der Waals surface area (Å²) in [5, 5.41) is 5.05. The number of amides is 1. The Morgan fingerprint density at radius 2 is 2.13 bits per heavy atom. The number of piperidine rings is 1. The van der Waals surface area contributed by atoms with E-state index in [0.29, 0.717) is 18.0 Å². The Bertz CT molecular complexity index is 1130. The Labute approximate surface area is 186 Å². The second-order valence-corrected chi connectivity index (χ2v) is 9.16. The maximum atomic E-state index is 13.3. The van der Waals surface area contributed by atoms with Crippen molar-refractivity contribution in [1.82, 2.24) is 24.5 Å². The van der Waals surface area contributed by atoms with Crippen LogP contribution >= 0.6 is 11.6 Å². The average molecular weight is 439 g/mol. The Hall–Kier alpha value is -2.51. The van der Waals surface area contributed by atoms with Crippen molar-refractivity contribution in [2.45, 2.75) is 63.5 Å². The van der Waals surface area contributed by atoms with Crippen molar-refractivity contribution in [2.75, 3.05) is 6.54 Å². The van der Waals surface area contributed by atoms with Crippen molar-refractivity contribution >= 4 is 23.2 Å². The summed E-state index contributed by atoms with van der Waals surface area (Å²) in [6, 6.07) is 5.67. The van der Waals surface area contributed by atoms with E-state index in [0.717, 1.165) is 61.1 Å². The van der Waals surface area contributed by atoms with Gasteiger partial charge in [0.15, 0.2) is 5.65 Å². The first-order valence-corrected chi connectivity index (χ1v) is 11.4. The highest BCUT2D eigenvalue weighted by Crippen LogP contribution is 2.36. The van der Waals surface area contributed by atoms with E-state index in [2.05, 4.69) is 18.1 Å². The van der Waals surface area contributed by atoms with Crippen LogP contribution in [0.2, 0.25) is 5.15 Å². The van der Waals surface area contributed by atoms with Crippen molar-refractivity contribution in [2.24, 2.45) is 5.73 Å². The highest BCUT2D eigenvalue weighted by molar-refractivity contribution is 6.32. The molecule has 1 amide bonds. The first-order chi connectivity index (χ1) is 15.0. The van der Waals surface area contributed by atoms with Crippen LogP contribution in [0, 0.1) is 6.92 Å². The number of hydrogen-bond acceptors (Lipinski definition) is 5. The van der Waals surface area contributed by atoms with Crippen LogP contribution in [0.5, 0.6) is 0 Å². The van der Waals surface area contributed by atoms with Crippen molar-refractivity contribution in [3.8, 4) is 0 Å². The highest BCUT2D eigenvalue weighted by atomic mass is 35.5. The zero-order valence-corrected chi connectivity index (χ0v) is 18.4. The molecule has 8 heteroatoms. The van der Waals surface area contributed by atoms with Gasteiger partial charge in [-0.3, -0.25) is 4.79 Å². The molecule has 3 aromatic rings. The van der Waals surface area contributed by atoms with Crippen LogP contribution in [0.15, 0.2) is 30.6 Å². The number of likely N-dealkylation sites (tertiary alicyclic amines) is 1. The number of nitrogens with zero attached hydrogens (tertiary/aromatic N) is 5. The summed E-state index contributed by atoms with van der Waals surface area (Å²) in [5.41, 5.74) is 10.5. The lowest BCUT2D eigenvalue weighted by molar-refractivity contribution is 0.0605. The summed E-state index contributed by atoms with van der Waals surface area (Å²) >= 11 is 6.21. The van der Waals surface area contributed by atoms with Gasteiger partial charge in [0.25, 0.3) is 5.91 Å². The topological polar surface area (TPSA) is 89.4 Å². The van der Waals surface area contributed by atoms with Gasteiger partial charge in [0.1, 0.15) is 5.15 Å². The Balaban J connectivity index is 1.48. The van der Waals surface area contributed by atoms with Crippen molar-refractivity contribution in [3.63, 3.8) is 0 Å². The van der Waals surface area contributed by atoms with Crippen molar-refractivity contribution in [3.05, 3.63) is 58.3 Å². The number of nitrogens with two attached hydrogens (primary N) is 1. The molecule has 2 N–H and O–H groups in total. The first kappa shape index (κ1) is 20.4. The second kappa shape index (κ2) is 8.20. The average Bonchev–Trinajstić information content (AvgIpc) is 3.38. The predicted octanol–water partition coefficient (Wildman–Crippen LogP) is 4.05. The summed E-state index contributed by atoms with van der Waals surface area (Å²) in [5.74, 6) is 0.323. The number of fused-ring (bicyclic) bond motifs is 1. The van der Waals surface area contributed by atoms with E-state index in [1.54, 1.807) is 18.3 Å². The number of carbonyl (C=O) groups excluding carboxylic acids is 1. The van der Waals surface area contributed by atoms with E-state index < -0.39 is 0 Å². The van der Waals surface area contributed by atoms with Gasteiger partial charge in [0.2, 0.25) is 0 Å². The molecule has 3 aromatic heterocycles. The third kappa shape index (κ3) is 3.81. The molecule has 1 saturated heterocycles. The number of carbonyl (C=O) groups is 1. The predicted molar refractivity (Wildman–Crippen MR) is 119 cm³/mol. The molecule has 0 bridgehead atoms. The fourth-order valence-electron chi connectivity index (χ4n) is 5.07. The van der Waals surface area contributed by atoms with E-state index in [-0.39, 0.29) is 23.1 Å². The molecule has 1 saturated carbocycles. The SMILES string of the molecule is Cc1cn2nc([C@@H]3CCCCN3C(=O)c3cccnc3Cl)cc2nc1C1CC[C@H](N)C1. The molecule has 5 rings (SSSR count). The van der Waals surface area contributed by atoms with E-state index in [9.17, 15) is 4.79 Å². The molecule has 7 nitrogen and oxygen atoms in total. The molecule has 1 unspecified atom stereocenters. The van der Waals surface area contributed by atoms with Gasteiger partial charge in [-0.25, -0.2) is 14.5 Å². The number of rotatable bonds is 3. The lowest BCUT2D eigenvalue weighted by atomic mass is 9.98. The summed E-state index contributed by atoms with van der Waals surface area (Å²) in [6.07, 6.45) is 9.67. The first-order valence-electron chi connectivity index (χ1n) is 11.0. The van der Waals surface area contributed by atoms with Gasteiger partial charge < -0.3 is 10.6 Å². The third-order valence-corrected chi connectivity index (χ3v) is 6.95. The van der Waals surface area contributed by atoms with Crippen molar-refractivity contribution in [1.29, 1.82) is 0 Å². The fourth-order valence-corrected chi connectivity index (χ4v) is 5.27. The van der Waals surface area contributed by atoms with Crippen LogP contribution < -0.4 is 5.73 Å². The van der Waals surface area contributed by atoms with Gasteiger partial charge in [0.05, 0.1) is 23.0 Å². The normalized spacial score (nSPS) is 24.1. The van der Waals surface area contributed by atoms with Crippen LogP contribution in [0.4, 0.5) is 0 Å². The fraction of sp³-hybridized carbons (Fsp3) is 0.478. The third-order valence-electron chi connectivity index (χ3n) is 6.64. The summed E-state index contributed by atoms with van der Waals surface area (Å²) in [7, 11) is 0. The molecule has 1 aliphatic carbocycles. The van der Waals surface area contributed by atoms with E-state index in [1.807, 2.05) is 15.5 Å². The summed E-state index contributed by atoms with van der Waals surface area (Å²) in [6.45, 7) is 2.77. The molecule has 162 valence electrons. The Kier molecular flexibility index (Phi) is 5.40. The van der Waals surface area contributed by atoms with Crippen molar-refractivity contribution < 1.29 is 4.79 Å². The molecule has 4 heterocycles. The molecular formula is C23H27ClN6O. The van der Waals surface area contributed by atoms with Crippen LogP contribution in [0.25, 0.3) is 5.65 Å². The van der Waals surface area contributed by atoms with Crippen LogP contribution in [0.1, 0.15) is 77.8 Å². The van der Waals surface area contributed by atoms with E-state index in [1.165, 1.54) is 0 Å². The standard InChI is InChI=1S/C23H27ClN6O/c1-14-13-30-20(27-21(14)15-7-8-16(25)11-15)12-18(28-30)19-6-2-3-10-29(19)23(31)17-5-4-9-26-22(17)24/h4-5,9,12-13,15-16,19H,2-3,6-8,10-11,25H2,1H3/t15?,16-,19-/m0/s1. The van der Waals surface area contributed by atoms with E-state index in [4.69, 9.17) is 27.4 Å². The van der Waals surface area contributed by atoms with Crippen LogP contribution in [-0.2, 0) is 0 Å². The minimum atomic E-state index is -0.0946. The molecular weight excluding hydrogens is 412 g/mol. The molecule has 0 radical (unpaired) electrons. The van der Waals surface area contributed by atoms with Gasteiger partial charge in [-0.05, 0) is 63.1 Å². The van der Waals surface area contributed by atoms with E-state index >= 15 is 0 Å². The molecule has 1 aliphatic heterocycles. The Morgan fingerprint density at radius 3 is 2.90 bits per heavy atom. The van der Waals surface area contributed by atoms with Gasteiger partial charge in [-0.15, -0.1) is 0 Å². The zero-order valence-electron chi connectivity index (χ0n) is 17.7. The lowest BCUT2D eigenvalue weighted by Crippen LogP contribution is -2.38. The number of halogens is 1. The summed E-state index contributed by atoms with van der Waals surface area (Å²) < 4.78 is 1.84. The molecule has 0 spiro atoms. The minimum Gasteiger partial charge on any atom is -0.330 e. The largest absolute Gasteiger partial charge is 0.330 e. The highest BCUT2D eigenvalue weighted by Gasteiger charge is 2.32. The number of aryl methyl sites for hydroxylation is 1. The molecule has 31 heavy (non-hydrogen) atoms. The molecule has 3 atom stereocenters. The zero-order chi connectivity index (χ0) is 21.5. The molecule has 2 aliphatic rings. The number of aromatic nitrogens is 4. The summed E-state index contributed by atoms with van der Waals surface area (Å²) in [4.78, 5) is 24.2. The van der Waals surface area contributed by atoms with Gasteiger partial charge >= 0.3 is 0 Å². The van der Waals surface area contributed by atoms with Crippen LogP contribution in [0.3, 0.4) is 0 Å². The number of pyridine rings is 1. The molecule has 0 aromatic carbocycles. The number of hydrogen-bond donors (Lipinski definition) is 1. The van der Waals surface area contributed by atoms with Gasteiger partial charge in [0, 0.05) is 37.0 Å².